The molecule has 0 radical (unpaired) electrons. The Morgan fingerprint density at radius 3 is 2.38 bits per heavy atom. The van der Waals surface area contributed by atoms with Crippen LogP contribution < -0.4 is 15.4 Å². The molecule has 206 valence electrons. The average Bonchev–Trinajstić information content (AvgIpc) is 2.87. The molecule has 2 atom stereocenters. The zero-order valence-electron chi connectivity index (χ0n) is 22.6. The topological polar surface area (TPSA) is 108 Å². The lowest BCUT2D eigenvalue weighted by molar-refractivity contribution is -0.122. The third kappa shape index (κ3) is 10.8. The Hall–Kier alpha value is -2.46. The maximum atomic E-state index is 12.8. The van der Waals surface area contributed by atoms with Crippen molar-refractivity contribution in [3.8, 4) is 5.75 Å². The average molecular weight is 534 g/mol. The first-order chi connectivity index (χ1) is 17.7. The van der Waals surface area contributed by atoms with E-state index in [0.29, 0.717) is 26.1 Å². The third-order valence-corrected chi connectivity index (χ3v) is 7.96. The molecule has 0 saturated carbocycles. The van der Waals surface area contributed by atoms with Crippen molar-refractivity contribution in [3.63, 3.8) is 0 Å². The molecule has 0 aliphatic rings. The molecule has 0 saturated heterocycles. The van der Waals surface area contributed by atoms with Crippen molar-refractivity contribution in [3.05, 3.63) is 65.2 Å². The summed E-state index contributed by atoms with van der Waals surface area (Å²) in [6.07, 6.45) is 0.849. The van der Waals surface area contributed by atoms with Gasteiger partial charge in [0.1, 0.15) is 5.75 Å². The maximum absolute atomic E-state index is 12.8. The molecule has 0 aliphatic carbocycles. The number of methoxy groups -OCH3 is 1. The number of hydrogen-bond acceptors (Lipinski definition) is 6. The van der Waals surface area contributed by atoms with Crippen LogP contribution in [0.2, 0.25) is 0 Å². The van der Waals surface area contributed by atoms with Crippen LogP contribution in [0.15, 0.2) is 48.5 Å². The van der Waals surface area contributed by atoms with Crippen LogP contribution in [0, 0.1) is 6.92 Å². The lowest BCUT2D eigenvalue weighted by Crippen LogP contribution is -2.49. The monoisotopic (exact) mass is 533 g/mol. The number of sulfonamides is 1. The van der Waals surface area contributed by atoms with Crippen molar-refractivity contribution in [1.29, 1.82) is 0 Å². The van der Waals surface area contributed by atoms with Crippen molar-refractivity contribution < 1.29 is 23.1 Å². The van der Waals surface area contributed by atoms with Gasteiger partial charge >= 0.3 is 0 Å². The molecule has 2 aromatic rings. The van der Waals surface area contributed by atoms with E-state index in [-0.39, 0.29) is 24.6 Å². The smallest absolute Gasteiger partial charge is 0.221 e. The van der Waals surface area contributed by atoms with E-state index in [0.717, 1.165) is 35.3 Å². The van der Waals surface area contributed by atoms with Gasteiger partial charge in [0.15, 0.2) is 0 Å². The molecular formula is C28H43N3O5S. The summed E-state index contributed by atoms with van der Waals surface area (Å²) in [6.45, 7) is 7.55. The molecule has 1 amide bonds. The molecule has 37 heavy (non-hydrogen) atoms. The van der Waals surface area contributed by atoms with E-state index in [4.69, 9.17) is 4.74 Å². The summed E-state index contributed by atoms with van der Waals surface area (Å²) >= 11 is 0. The summed E-state index contributed by atoms with van der Waals surface area (Å²) in [7, 11) is -1.91. The van der Waals surface area contributed by atoms with Crippen LogP contribution in [-0.4, -0.2) is 68.4 Å². The largest absolute Gasteiger partial charge is 0.497 e. The summed E-state index contributed by atoms with van der Waals surface area (Å²) in [6, 6.07) is 15.0. The predicted octanol–water partition coefficient (Wildman–Crippen LogP) is 3.02. The van der Waals surface area contributed by atoms with Gasteiger partial charge < -0.3 is 20.5 Å². The molecule has 2 rings (SSSR count). The van der Waals surface area contributed by atoms with E-state index < -0.39 is 22.2 Å². The van der Waals surface area contributed by atoms with E-state index in [1.807, 2.05) is 69.3 Å². The number of ether oxygens (including phenoxy) is 1. The van der Waals surface area contributed by atoms with Crippen molar-refractivity contribution >= 4 is 15.9 Å². The molecule has 0 aromatic heterocycles. The minimum atomic E-state index is -3.53. The van der Waals surface area contributed by atoms with Gasteiger partial charge in [-0.15, -0.1) is 0 Å². The van der Waals surface area contributed by atoms with Crippen LogP contribution in [0.25, 0.3) is 0 Å². The first-order valence-corrected chi connectivity index (χ1v) is 14.6. The van der Waals surface area contributed by atoms with Crippen LogP contribution in [0.3, 0.4) is 0 Å². The van der Waals surface area contributed by atoms with Gasteiger partial charge in [-0.1, -0.05) is 55.8 Å². The molecule has 8 nitrogen and oxygen atoms in total. The van der Waals surface area contributed by atoms with Crippen LogP contribution in [-0.2, 0) is 27.8 Å². The van der Waals surface area contributed by atoms with Gasteiger partial charge in [-0.2, -0.15) is 0 Å². The molecule has 0 spiro atoms. The zero-order valence-corrected chi connectivity index (χ0v) is 23.4. The number of aliphatic hydroxyl groups is 1. The third-order valence-electron chi connectivity index (χ3n) is 6.09. The lowest BCUT2D eigenvalue weighted by atomic mass is 9.99. The highest BCUT2D eigenvalue weighted by atomic mass is 32.2. The highest BCUT2D eigenvalue weighted by molar-refractivity contribution is 7.89. The van der Waals surface area contributed by atoms with Gasteiger partial charge in [0.25, 0.3) is 0 Å². The Bertz CT molecular complexity index is 1070. The number of amides is 1. The molecular weight excluding hydrogens is 490 g/mol. The van der Waals surface area contributed by atoms with Gasteiger partial charge in [0.2, 0.25) is 15.9 Å². The van der Waals surface area contributed by atoms with Crippen molar-refractivity contribution in [2.24, 2.45) is 0 Å². The fourth-order valence-electron chi connectivity index (χ4n) is 4.18. The normalized spacial score (nSPS) is 13.4. The molecule has 0 bridgehead atoms. The molecule has 2 aromatic carbocycles. The molecule has 0 aliphatic heterocycles. The second-order valence-electron chi connectivity index (χ2n) is 9.38. The van der Waals surface area contributed by atoms with Crippen LogP contribution in [0.4, 0.5) is 0 Å². The number of rotatable bonds is 17. The van der Waals surface area contributed by atoms with Crippen LogP contribution >= 0.6 is 0 Å². The van der Waals surface area contributed by atoms with Crippen molar-refractivity contribution in [2.75, 3.05) is 32.5 Å². The second kappa shape index (κ2) is 15.7. The highest BCUT2D eigenvalue weighted by Crippen LogP contribution is 2.13. The minimum absolute atomic E-state index is 0.152. The number of carbonyl (C=O) groups is 1. The van der Waals surface area contributed by atoms with Gasteiger partial charge in [0, 0.05) is 32.6 Å². The number of benzene rings is 2. The number of carbonyl (C=O) groups excluding carboxylic acids is 1. The fourth-order valence-corrected chi connectivity index (χ4v) is 5.81. The van der Waals surface area contributed by atoms with E-state index in [9.17, 15) is 18.3 Å². The van der Waals surface area contributed by atoms with Crippen LogP contribution in [0.5, 0.6) is 5.75 Å². The highest BCUT2D eigenvalue weighted by Gasteiger charge is 2.25. The van der Waals surface area contributed by atoms with E-state index in [1.54, 1.807) is 7.11 Å². The van der Waals surface area contributed by atoms with Crippen molar-refractivity contribution in [2.45, 2.75) is 65.1 Å². The fraction of sp³-hybridized carbons (Fsp3) is 0.536. The van der Waals surface area contributed by atoms with Gasteiger partial charge in [-0.25, -0.2) is 12.7 Å². The number of aliphatic hydroxyl groups excluding tert-OH is 1. The summed E-state index contributed by atoms with van der Waals surface area (Å²) < 4.78 is 32.2. The Labute approximate surface area is 222 Å². The number of nitrogens with zero attached hydrogens (tertiary/aromatic N) is 1. The Kier molecular flexibility index (Phi) is 13.1. The maximum Gasteiger partial charge on any atom is 0.221 e. The quantitative estimate of drug-likeness (QED) is 0.289. The predicted molar refractivity (Wildman–Crippen MR) is 148 cm³/mol. The lowest BCUT2D eigenvalue weighted by Gasteiger charge is -2.25. The molecule has 0 unspecified atom stereocenters. The van der Waals surface area contributed by atoms with E-state index in [2.05, 4.69) is 10.6 Å². The zero-order chi connectivity index (χ0) is 27.3. The number of aryl methyl sites for hydroxylation is 1. The summed E-state index contributed by atoms with van der Waals surface area (Å²) in [4.78, 5) is 12.8. The SMILES string of the molecule is CCCN(CCC)S(=O)(=O)CCC(=O)N[C@@H](Cc1cccc(C)c1)[C@@H](O)CNCc1cccc(OC)c1. The second-order valence-corrected chi connectivity index (χ2v) is 11.5. The van der Waals surface area contributed by atoms with Gasteiger partial charge in [0.05, 0.1) is 25.0 Å². The minimum Gasteiger partial charge on any atom is -0.497 e. The first kappa shape index (κ1) is 30.8. The Balaban J connectivity index is 2.03. The number of hydrogen-bond donors (Lipinski definition) is 3. The van der Waals surface area contributed by atoms with Crippen molar-refractivity contribution in [1.82, 2.24) is 14.9 Å². The van der Waals surface area contributed by atoms with Crippen LogP contribution in [0.1, 0.15) is 49.8 Å². The summed E-state index contributed by atoms with van der Waals surface area (Å²) in [5.41, 5.74) is 3.09. The Morgan fingerprint density at radius 2 is 1.73 bits per heavy atom. The van der Waals surface area contributed by atoms with Gasteiger partial charge in [-0.3, -0.25) is 4.79 Å². The molecule has 0 fully saturated rings. The Morgan fingerprint density at radius 1 is 1.05 bits per heavy atom. The molecule has 0 heterocycles. The van der Waals surface area contributed by atoms with E-state index in [1.165, 1.54) is 4.31 Å². The number of nitrogens with one attached hydrogen (secondary N) is 2. The van der Waals surface area contributed by atoms with E-state index >= 15 is 0 Å². The molecule has 3 N–H and O–H groups in total. The summed E-state index contributed by atoms with van der Waals surface area (Å²) in [5, 5.41) is 17.1. The standard InChI is InChI=1S/C28H43N3O5S/c1-5-14-31(15-6-2)37(34,35)16-13-28(33)30-26(19-23-10-7-9-22(3)17-23)27(32)21-29-20-24-11-8-12-25(18-24)36-4/h7-12,17-18,26-27,29,32H,5-6,13-16,19-21H2,1-4H3,(H,30,33)/t26-,27-/m0/s1. The van der Waals surface area contributed by atoms with Gasteiger partial charge in [-0.05, 0) is 49.4 Å². The first-order valence-electron chi connectivity index (χ1n) is 13.0. The summed E-state index contributed by atoms with van der Waals surface area (Å²) in [5.74, 6) is 0.122. The molecule has 9 heteroatoms.